The third-order valence-electron chi connectivity index (χ3n) is 4.92. The highest BCUT2D eigenvalue weighted by Gasteiger charge is 2.32. The zero-order valence-electron chi connectivity index (χ0n) is 14.4. The Morgan fingerprint density at radius 1 is 1.32 bits per heavy atom. The highest BCUT2D eigenvalue weighted by atomic mass is 19.1. The van der Waals surface area contributed by atoms with Gasteiger partial charge in [-0.1, -0.05) is 18.2 Å². The van der Waals surface area contributed by atoms with E-state index in [1.165, 1.54) is 0 Å². The lowest BCUT2D eigenvalue weighted by Gasteiger charge is -2.24. The second kappa shape index (κ2) is 6.98. The minimum Gasteiger partial charge on any atom is -0.460 e. The summed E-state index contributed by atoms with van der Waals surface area (Å²) in [6.45, 7) is 2.62. The lowest BCUT2D eigenvalue weighted by Crippen LogP contribution is -2.37. The smallest absolute Gasteiger partial charge is 0.134 e. The first kappa shape index (κ1) is 16.3. The molecule has 3 aromatic rings. The Morgan fingerprint density at radius 2 is 2.20 bits per heavy atom. The van der Waals surface area contributed by atoms with Gasteiger partial charge in [-0.05, 0) is 24.6 Å². The van der Waals surface area contributed by atoms with E-state index in [0.29, 0.717) is 19.5 Å². The van der Waals surface area contributed by atoms with Crippen molar-refractivity contribution in [2.45, 2.75) is 31.7 Å². The molecule has 0 saturated carbocycles. The zero-order valence-corrected chi connectivity index (χ0v) is 14.4. The predicted molar refractivity (Wildman–Crippen MR) is 94.8 cm³/mol. The molecule has 1 N–H and O–H groups in total. The Labute approximate surface area is 146 Å². The molecule has 1 fully saturated rings. The summed E-state index contributed by atoms with van der Waals surface area (Å²) in [6, 6.07) is 12.2. The fraction of sp³-hybridized carbons (Fsp3) is 0.421. The van der Waals surface area contributed by atoms with Gasteiger partial charge in [0.25, 0.3) is 0 Å². The monoisotopic (exact) mass is 342 g/mol. The predicted octanol–water partition coefficient (Wildman–Crippen LogP) is 2.87. The maximum atomic E-state index is 13.9. The van der Waals surface area contributed by atoms with E-state index >= 15 is 0 Å². The molecule has 0 radical (unpaired) electrons. The van der Waals surface area contributed by atoms with Crippen molar-refractivity contribution in [2.24, 2.45) is 7.05 Å². The third kappa shape index (κ3) is 3.60. The molecule has 4 rings (SSSR count). The highest BCUT2D eigenvalue weighted by Crippen LogP contribution is 2.23. The van der Waals surface area contributed by atoms with Gasteiger partial charge in [-0.2, -0.15) is 5.10 Å². The van der Waals surface area contributed by atoms with Gasteiger partial charge in [0.05, 0.1) is 12.2 Å². The SMILES string of the molecule is Cn1nccc1CN1C[C@@H](F)C[C@H]1CNCc1cc2ccccc2o1. The van der Waals surface area contributed by atoms with Crippen LogP contribution in [0.1, 0.15) is 17.9 Å². The minimum absolute atomic E-state index is 0.189. The summed E-state index contributed by atoms with van der Waals surface area (Å²) in [5, 5.41) is 8.73. The lowest BCUT2D eigenvalue weighted by molar-refractivity contribution is 0.224. The number of likely N-dealkylation sites (tertiary alicyclic amines) is 1. The van der Waals surface area contributed by atoms with Gasteiger partial charge in [0.2, 0.25) is 0 Å². The molecular formula is C19H23FN4O. The normalized spacial score (nSPS) is 21.4. The van der Waals surface area contributed by atoms with Crippen molar-refractivity contribution in [3.63, 3.8) is 0 Å². The maximum Gasteiger partial charge on any atom is 0.134 e. The number of nitrogens with one attached hydrogen (secondary N) is 1. The van der Waals surface area contributed by atoms with Crippen LogP contribution >= 0.6 is 0 Å². The van der Waals surface area contributed by atoms with E-state index < -0.39 is 6.17 Å². The van der Waals surface area contributed by atoms with E-state index in [1.54, 1.807) is 6.20 Å². The first-order valence-corrected chi connectivity index (χ1v) is 8.72. The number of para-hydroxylation sites is 1. The van der Waals surface area contributed by atoms with Gasteiger partial charge in [-0.3, -0.25) is 9.58 Å². The first-order valence-electron chi connectivity index (χ1n) is 8.72. The second-order valence-electron chi connectivity index (χ2n) is 6.74. The number of benzene rings is 1. The molecule has 2 aromatic heterocycles. The summed E-state index contributed by atoms with van der Waals surface area (Å²) in [5.74, 6) is 0.911. The van der Waals surface area contributed by atoms with Gasteiger partial charge >= 0.3 is 0 Å². The number of rotatable bonds is 6. The molecule has 1 aromatic carbocycles. The van der Waals surface area contributed by atoms with Crippen LogP contribution in [0.15, 0.2) is 47.0 Å². The van der Waals surface area contributed by atoms with Crippen LogP contribution in [0, 0.1) is 0 Å². The Hall–Kier alpha value is -2.18. The summed E-state index contributed by atoms with van der Waals surface area (Å²) in [5.41, 5.74) is 2.01. The number of hydrogen-bond donors (Lipinski definition) is 1. The summed E-state index contributed by atoms with van der Waals surface area (Å²) >= 11 is 0. The van der Waals surface area contributed by atoms with E-state index in [-0.39, 0.29) is 6.04 Å². The topological polar surface area (TPSA) is 46.2 Å². The van der Waals surface area contributed by atoms with Crippen LogP contribution in [0.3, 0.4) is 0 Å². The molecule has 2 atom stereocenters. The van der Waals surface area contributed by atoms with Crippen LogP contribution in [-0.4, -0.2) is 40.0 Å². The lowest BCUT2D eigenvalue weighted by atomic mass is 10.2. The summed E-state index contributed by atoms with van der Waals surface area (Å²) in [4.78, 5) is 2.20. The van der Waals surface area contributed by atoms with Crippen molar-refractivity contribution in [3.8, 4) is 0 Å². The van der Waals surface area contributed by atoms with Gasteiger partial charge in [0.15, 0.2) is 0 Å². The van der Waals surface area contributed by atoms with E-state index in [1.807, 2.05) is 42.1 Å². The Morgan fingerprint density at radius 3 is 3.00 bits per heavy atom. The van der Waals surface area contributed by atoms with E-state index in [0.717, 1.165) is 35.5 Å². The van der Waals surface area contributed by atoms with Gasteiger partial charge in [0, 0.05) is 44.3 Å². The number of hydrogen-bond acceptors (Lipinski definition) is 4. The van der Waals surface area contributed by atoms with Crippen LogP contribution in [-0.2, 0) is 20.1 Å². The molecule has 5 nitrogen and oxygen atoms in total. The average molecular weight is 342 g/mol. The van der Waals surface area contributed by atoms with Crippen molar-refractivity contribution in [2.75, 3.05) is 13.1 Å². The van der Waals surface area contributed by atoms with Crippen molar-refractivity contribution in [1.82, 2.24) is 20.0 Å². The van der Waals surface area contributed by atoms with Crippen LogP contribution in [0.25, 0.3) is 11.0 Å². The average Bonchev–Trinajstić information content (AvgIpc) is 3.27. The number of aryl methyl sites for hydroxylation is 1. The van der Waals surface area contributed by atoms with Crippen molar-refractivity contribution in [3.05, 3.63) is 54.0 Å². The number of aromatic nitrogens is 2. The molecule has 6 heteroatoms. The van der Waals surface area contributed by atoms with E-state index in [9.17, 15) is 4.39 Å². The largest absolute Gasteiger partial charge is 0.460 e. The van der Waals surface area contributed by atoms with Gasteiger partial charge in [-0.25, -0.2) is 4.39 Å². The third-order valence-corrected chi connectivity index (χ3v) is 4.92. The van der Waals surface area contributed by atoms with Crippen LogP contribution in [0.2, 0.25) is 0 Å². The van der Waals surface area contributed by atoms with Crippen molar-refractivity contribution < 1.29 is 8.81 Å². The number of alkyl halides is 1. The van der Waals surface area contributed by atoms with Gasteiger partial charge < -0.3 is 9.73 Å². The molecule has 0 unspecified atom stereocenters. The quantitative estimate of drug-likeness (QED) is 0.748. The Kier molecular flexibility index (Phi) is 4.55. The number of furan rings is 1. The molecular weight excluding hydrogens is 319 g/mol. The molecule has 25 heavy (non-hydrogen) atoms. The molecule has 1 aliphatic rings. The van der Waals surface area contributed by atoms with Crippen LogP contribution < -0.4 is 5.32 Å². The minimum atomic E-state index is -0.758. The number of halogens is 1. The Balaban J connectivity index is 1.35. The van der Waals surface area contributed by atoms with Gasteiger partial charge in [0.1, 0.15) is 17.5 Å². The molecule has 0 amide bonds. The van der Waals surface area contributed by atoms with Crippen molar-refractivity contribution >= 4 is 11.0 Å². The molecule has 0 aliphatic carbocycles. The summed E-state index contributed by atoms with van der Waals surface area (Å²) in [6.07, 6.45) is 1.60. The molecule has 0 bridgehead atoms. The van der Waals surface area contributed by atoms with Crippen LogP contribution in [0.5, 0.6) is 0 Å². The standard InChI is InChI=1S/C19H23FN4O/c1-23-16(6-7-22-23)13-24-12-15(20)9-17(24)10-21-11-18-8-14-4-2-3-5-19(14)25-18/h2-8,15,17,21H,9-13H2,1H3/t15-,17-/m0/s1. The van der Waals surface area contributed by atoms with E-state index in [4.69, 9.17) is 4.42 Å². The zero-order chi connectivity index (χ0) is 17.2. The molecule has 3 heterocycles. The number of fused-ring (bicyclic) bond motifs is 1. The summed E-state index contributed by atoms with van der Waals surface area (Å²) in [7, 11) is 1.92. The fourth-order valence-corrected chi connectivity index (χ4v) is 3.58. The Bertz CT molecular complexity index is 810. The molecule has 1 saturated heterocycles. The molecule has 0 spiro atoms. The first-order chi connectivity index (χ1) is 12.2. The molecule has 132 valence electrons. The molecule has 1 aliphatic heterocycles. The highest BCUT2D eigenvalue weighted by molar-refractivity contribution is 5.77. The number of nitrogens with zero attached hydrogens (tertiary/aromatic N) is 3. The van der Waals surface area contributed by atoms with E-state index in [2.05, 4.69) is 21.4 Å². The van der Waals surface area contributed by atoms with Crippen LogP contribution in [0.4, 0.5) is 4.39 Å². The fourth-order valence-electron chi connectivity index (χ4n) is 3.58. The summed E-state index contributed by atoms with van der Waals surface area (Å²) < 4.78 is 21.6. The maximum absolute atomic E-state index is 13.9. The van der Waals surface area contributed by atoms with Gasteiger partial charge in [-0.15, -0.1) is 0 Å². The van der Waals surface area contributed by atoms with Crippen molar-refractivity contribution in [1.29, 1.82) is 0 Å². The second-order valence-corrected chi connectivity index (χ2v) is 6.74.